The summed E-state index contributed by atoms with van der Waals surface area (Å²) in [6.45, 7) is 0.798. The lowest BCUT2D eigenvalue weighted by Crippen LogP contribution is -2.45. The number of nitrogens with one attached hydrogen (secondary N) is 5. The molecule has 2 aromatic carbocycles. The second-order valence-corrected chi connectivity index (χ2v) is 8.73. The number of halogens is 2. The first-order valence-corrected chi connectivity index (χ1v) is 12.0. The molecule has 0 saturated heterocycles. The average molecular weight is 499 g/mol. The maximum Gasteiger partial charge on any atom is 0.248 e. The van der Waals surface area contributed by atoms with Crippen molar-refractivity contribution in [3.8, 4) is 0 Å². The van der Waals surface area contributed by atoms with E-state index in [1.807, 2.05) is 0 Å². The average Bonchev–Trinajstić information content (AvgIpc) is 2.87. The third-order valence-electron chi connectivity index (χ3n) is 5.59. The Bertz CT molecular complexity index is 1040. The van der Waals surface area contributed by atoms with E-state index in [9.17, 15) is 8.78 Å². The van der Waals surface area contributed by atoms with E-state index in [4.69, 9.17) is 12.2 Å². The molecule has 1 heterocycles. The van der Waals surface area contributed by atoms with Gasteiger partial charge in [0, 0.05) is 19.1 Å². The third kappa shape index (κ3) is 7.99. The molecular formula is C24H28F2N8S. The summed E-state index contributed by atoms with van der Waals surface area (Å²) in [6.07, 6.45) is 5.87. The van der Waals surface area contributed by atoms with E-state index in [0.717, 1.165) is 24.0 Å². The second-order valence-electron chi connectivity index (χ2n) is 8.32. The number of aromatic nitrogens is 3. The van der Waals surface area contributed by atoms with E-state index in [2.05, 4.69) is 41.8 Å². The van der Waals surface area contributed by atoms with Crippen LogP contribution in [0.5, 0.6) is 0 Å². The molecule has 35 heavy (non-hydrogen) atoms. The quantitative estimate of drug-likeness (QED) is 0.216. The van der Waals surface area contributed by atoms with Crippen molar-refractivity contribution >= 4 is 35.2 Å². The molecule has 1 aliphatic carbocycles. The van der Waals surface area contributed by atoms with Crippen molar-refractivity contribution in [2.75, 3.05) is 16.1 Å². The maximum atomic E-state index is 13.2. The van der Waals surface area contributed by atoms with Crippen molar-refractivity contribution in [2.45, 2.75) is 51.2 Å². The van der Waals surface area contributed by atoms with Crippen LogP contribution in [-0.2, 0) is 13.1 Å². The number of hydrogen-bond donors (Lipinski definition) is 5. The molecular weight excluding hydrogens is 470 g/mol. The van der Waals surface area contributed by atoms with Gasteiger partial charge < -0.3 is 16.0 Å². The van der Waals surface area contributed by atoms with E-state index >= 15 is 0 Å². The fourth-order valence-electron chi connectivity index (χ4n) is 3.74. The summed E-state index contributed by atoms with van der Waals surface area (Å²) in [4.78, 5) is 13.2. The van der Waals surface area contributed by atoms with Crippen molar-refractivity contribution in [3.63, 3.8) is 0 Å². The van der Waals surface area contributed by atoms with Gasteiger partial charge in [0.2, 0.25) is 17.8 Å². The molecule has 1 saturated carbocycles. The molecule has 0 aliphatic heterocycles. The van der Waals surface area contributed by atoms with E-state index in [-0.39, 0.29) is 17.6 Å². The molecule has 3 aromatic rings. The summed E-state index contributed by atoms with van der Waals surface area (Å²) in [7, 11) is 0. The molecule has 0 spiro atoms. The Kier molecular flexibility index (Phi) is 8.55. The molecule has 11 heteroatoms. The highest BCUT2D eigenvalue weighted by atomic mass is 32.1. The largest absolute Gasteiger partial charge is 0.359 e. The predicted octanol–water partition coefficient (Wildman–Crippen LogP) is 4.50. The zero-order valence-electron chi connectivity index (χ0n) is 19.2. The van der Waals surface area contributed by atoms with Crippen LogP contribution in [0.2, 0.25) is 0 Å². The van der Waals surface area contributed by atoms with E-state index in [1.165, 1.54) is 43.5 Å². The minimum atomic E-state index is -0.295. The van der Waals surface area contributed by atoms with Crippen LogP contribution in [0.1, 0.15) is 43.2 Å². The van der Waals surface area contributed by atoms with Crippen LogP contribution in [0.3, 0.4) is 0 Å². The minimum absolute atomic E-state index is 0.260. The molecule has 1 aromatic heterocycles. The van der Waals surface area contributed by atoms with E-state index in [1.54, 1.807) is 24.3 Å². The lowest BCUT2D eigenvalue weighted by Gasteiger charge is -2.24. The van der Waals surface area contributed by atoms with Gasteiger partial charge in [0.15, 0.2) is 5.11 Å². The topological polar surface area (TPSA) is 98.8 Å². The summed E-state index contributed by atoms with van der Waals surface area (Å²) < 4.78 is 26.4. The van der Waals surface area contributed by atoms with Gasteiger partial charge in [-0.25, -0.2) is 8.78 Å². The van der Waals surface area contributed by atoms with Crippen LogP contribution in [0.15, 0.2) is 48.5 Å². The normalized spacial score (nSPS) is 13.7. The van der Waals surface area contributed by atoms with Crippen LogP contribution in [0.4, 0.5) is 26.6 Å². The number of hydrogen-bond acceptors (Lipinski definition) is 7. The van der Waals surface area contributed by atoms with Crippen molar-refractivity contribution < 1.29 is 8.78 Å². The van der Waals surface area contributed by atoms with E-state index < -0.39 is 0 Å². The van der Waals surface area contributed by atoms with Crippen LogP contribution in [0.25, 0.3) is 0 Å². The highest BCUT2D eigenvalue weighted by Gasteiger charge is 2.14. The molecule has 184 valence electrons. The molecule has 4 rings (SSSR count). The Morgan fingerprint density at radius 1 is 0.743 bits per heavy atom. The van der Waals surface area contributed by atoms with Gasteiger partial charge in [-0.1, -0.05) is 43.5 Å². The molecule has 1 fully saturated rings. The predicted molar refractivity (Wildman–Crippen MR) is 137 cm³/mol. The molecule has 0 unspecified atom stereocenters. The highest BCUT2D eigenvalue weighted by Crippen LogP contribution is 2.17. The lowest BCUT2D eigenvalue weighted by molar-refractivity contribution is 0.412. The van der Waals surface area contributed by atoms with Crippen molar-refractivity contribution in [3.05, 3.63) is 71.3 Å². The van der Waals surface area contributed by atoms with Crippen LogP contribution in [-0.4, -0.2) is 26.1 Å². The Labute approximate surface area is 208 Å². The van der Waals surface area contributed by atoms with Crippen LogP contribution >= 0.6 is 12.2 Å². The van der Waals surface area contributed by atoms with Gasteiger partial charge in [0.25, 0.3) is 0 Å². The number of thiocarbonyl (C=S) groups is 1. The number of nitrogens with zero attached hydrogens (tertiary/aromatic N) is 3. The zero-order chi connectivity index (χ0) is 24.5. The number of hydrazine groups is 1. The number of anilines is 3. The fourth-order valence-corrected chi connectivity index (χ4v) is 3.96. The van der Waals surface area contributed by atoms with Crippen molar-refractivity contribution in [2.24, 2.45) is 0 Å². The van der Waals surface area contributed by atoms with Crippen LogP contribution < -0.4 is 26.8 Å². The molecule has 0 amide bonds. The van der Waals surface area contributed by atoms with Gasteiger partial charge in [-0.05, 0) is 60.5 Å². The number of rotatable bonds is 9. The van der Waals surface area contributed by atoms with Gasteiger partial charge in [-0.3, -0.25) is 10.9 Å². The van der Waals surface area contributed by atoms with E-state index in [0.29, 0.717) is 36.1 Å². The molecule has 1 aliphatic rings. The van der Waals surface area contributed by atoms with Crippen molar-refractivity contribution in [1.29, 1.82) is 0 Å². The second kappa shape index (κ2) is 12.2. The Morgan fingerprint density at radius 2 is 1.23 bits per heavy atom. The Hall–Kier alpha value is -3.60. The van der Waals surface area contributed by atoms with Gasteiger partial charge in [-0.15, -0.1) is 0 Å². The molecule has 0 bridgehead atoms. The Morgan fingerprint density at radius 3 is 1.74 bits per heavy atom. The molecule has 0 radical (unpaired) electrons. The lowest BCUT2D eigenvalue weighted by atomic mass is 9.96. The molecule has 8 nitrogen and oxygen atoms in total. The van der Waals surface area contributed by atoms with Crippen LogP contribution in [0, 0.1) is 11.6 Å². The monoisotopic (exact) mass is 498 g/mol. The summed E-state index contributed by atoms with van der Waals surface area (Å²) in [6, 6.07) is 12.7. The minimum Gasteiger partial charge on any atom is -0.359 e. The standard InChI is InChI=1S/C24H28F2N8S/c25-18-10-6-16(7-11-18)14-27-21-30-22(28-15-17-8-12-19(26)13-9-17)32-23(31-21)33-34-24(35)29-20-4-2-1-3-5-20/h6-13,20H,1-5,14-15H2,(H2,29,34,35)(H3,27,28,30,31,32,33). The summed E-state index contributed by atoms with van der Waals surface area (Å²) >= 11 is 5.40. The first-order chi connectivity index (χ1) is 17.0. The summed E-state index contributed by atoms with van der Waals surface area (Å²) in [5, 5.41) is 10.0. The fraction of sp³-hybridized carbons (Fsp3) is 0.333. The zero-order valence-corrected chi connectivity index (χ0v) is 20.0. The smallest absolute Gasteiger partial charge is 0.248 e. The summed E-state index contributed by atoms with van der Waals surface area (Å²) in [5.41, 5.74) is 7.62. The van der Waals surface area contributed by atoms with Gasteiger partial charge in [0.05, 0.1) is 0 Å². The first-order valence-electron chi connectivity index (χ1n) is 11.6. The SMILES string of the molecule is Fc1ccc(CNc2nc(NCc3ccc(F)cc3)nc(NNC(=S)NC3CCCCC3)n2)cc1. The highest BCUT2D eigenvalue weighted by molar-refractivity contribution is 7.80. The number of benzene rings is 2. The molecule has 5 N–H and O–H groups in total. The Balaban J connectivity index is 1.41. The van der Waals surface area contributed by atoms with Crippen molar-refractivity contribution in [1.82, 2.24) is 25.7 Å². The van der Waals surface area contributed by atoms with Gasteiger partial charge >= 0.3 is 0 Å². The summed E-state index contributed by atoms with van der Waals surface area (Å²) in [5.74, 6) is 0.312. The molecule has 0 atom stereocenters. The third-order valence-corrected chi connectivity index (χ3v) is 5.81. The van der Waals surface area contributed by atoms with Gasteiger partial charge in [0.1, 0.15) is 11.6 Å². The van der Waals surface area contributed by atoms with Gasteiger partial charge in [-0.2, -0.15) is 15.0 Å². The maximum absolute atomic E-state index is 13.2. The first kappa shape index (κ1) is 24.5.